The summed E-state index contributed by atoms with van der Waals surface area (Å²) in [4.78, 5) is 12.1. The second kappa shape index (κ2) is 5.61. The SMILES string of the molecule is N#CC(C(=O)c1c(F)c(F)c(F)c(F)c1F)c1cccs1. The first-order chi connectivity index (χ1) is 9.90. The number of nitriles is 1. The second-order valence-electron chi connectivity index (χ2n) is 3.89. The Kier molecular flexibility index (Phi) is 4.04. The van der Waals surface area contributed by atoms with Crippen LogP contribution in [0.4, 0.5) is 22.0 Å². The van der Waals surface area contributed by atoms with Gasteiger partial charge < -0.3 is 0 Å². The van der Waals surface area contributed by atoms with Crippen LogP contribution in [-0.2, 0) is 0 Å². The number of halogens is 5. The fraction of sp³-hybridized carbons (Fsp3) is 0.0769. The van der Waals surface area contributed by atoms with E-state index in [-0.39, 0.29) is 4.88 Å². The Morgan fingerprint density at radius 2 is 1.57 bits per heavy atom. The molecule has 1 heterocycles. The van der Waals surface area contributed by atoms with E-state index in [0.29, 0.717) is 0 Å². The molecule has 1 unspecified atom stereocenters. The van der Waals surface area contributed by atoms with Crippen molar-refractivity contribution in [1.82, 2.24) is 0 Å². The molecule has 2 aromatic rings. The quantitative estimate of drug-likeness (QED) is 0.372. The lowest BCUT2D eigenvalue weighted by atomic mass is 9.96. The number of hydrogen-bond acceptors (Lipinski definition) is 3. The first kappa shape index (κ1) is 15.1. The molecule has 21 heavy (non-hydrogen) atoms. The molecule has 0 fully saturated rings. The number of Topliss-reactive ketones (excluding diaryl/α,β-unsaturated/α-hetero) is 1. The molecular weight excluding hydrogens is 313 g/mol. The van der Waals surface area contributed by atoms with Crippen LogP contribution in [0.25, 0.3) is 0 Å². The van der Waals surface area contributed by atoms with E-state index in [1.807, 2.05) is 0 Å². The second-order valence-corrected chi connectivity index (χ2v) is 4.87. The van der Waals surface area contributed by atoms with Crippen LogP contribution in [-0.4, -0.2) is 5.78 Å². The van der Waals surface area contributed by atoms with Gasteiger partial charge in [0.1, 0.15) is 5.92 Å². The van der Waals surface area contributed by atoms with E-state index in [2.05, 4.69) is 0 Å². The third-order valence-electron chi connectivity index (χ3n) is 2.68. The van der Waals surface area contributed by atoms with Gasteiger partial charge in [0.05, 0.1) is 11.6 Å². The van der Waals surface area contributed by atoms with E-state index in [0.717, 1.165) is 11.3 Å². The van der Waals surface area contributed by atoms with E-state index in [1.54, 1.807) is 0 Å². The summed E-state index contributed by atoms with van der Waals surface area (Å²) in [5, 5.41) is 10.4. The average Bonchev–Trinajstić information content (AvgIpc) is 2.98. The first-order valence-electron chi connectivity index (χ1n) is 5.38. The van der Waals surface area contributed by atoms with Crippen molar-refractivity contribution >= 4 is 17.1 Å². The molecule has 0 spiro atoms. The Bertz CT molecular complexity index is 722. The van der Waals surface area contributed by atoms with Crippen LogP contribution in [0, 0.1) is 40.4 Å². The Labute approximate surface area is 119 Å². The number of rotatable bonds is 3. The van der Waals surface area contributed by atoms with Crippen molar-refractivity contribution in [2.24, 2.45) is 0 Å². The summed E-state index contributed by atoms with van der Waals surface area (Å²) in [7, 11) is 0. The summed E-state index contributed by atoms with van der Waals surface area (Å²) in [5.74, 6) is -14.4. The molecule has 0 saturated heterocycles. The highest BCUT2D eigenvalue weighted by atomic mass is 32.1. The maximum Gasteiger partial charge on any atom is 0.200 e. The van der Waals surface area contributed by atoms with Gasteiger partial charge in [0.25, 0.3) is 0 Å². The molecule has 2 rings (SSSR count). The third-order valence-corrected chi connectivity index (χ3v) is 3.61. The minimum atomic E-state index is -2.36. The fourth-order valence-corrected chi connectivity index (χ4v) is 2.44. The topological polar surface area (TPSA) is 40.9 Å². The highest BCUT2D eigenvalue weighted by Crippen LogP contribution is 2.30. The lowest BCUT2D eigenvalue weighted by Gasteiger charge is -2.10. The number of carbonyl (C=O) groups is 1. The predicted octanol–water partition coefficient (Wildman–Crippen LogP) is 3.93. The van der Waals surface area contributed by atoms with Crippen LogP contribution in [0.2, 0.25) is 0 Å². The van der Waals surface area contributed by atoms with Gasteiger partial charge in [0.2, 0.25) is 5.82 Å². The standard InChI is InChI=1S/C13H4F5NOS/c14-8-7(9(15)11(17)12(18)10(8)16)13(20)5(4-19)6-2-1-3-21-6/h1-3,5H. The maximum absolute atomic E-state index is 13.5. The molecule has 0 aliphatic carbocycles. The smallest absolute Gasteiger partial charge is 0.200 e. The summed E-state index contributed by atoms with van der Waals surface area (Å²) in [6.45, 7) is 0. The van der Waals surface area contributed by atoms with Crippen molar-refractivity contribution in [3.05, 3.63) is 57.0 Å². The maximum atomic E-state index is 13.5. The number of hydrogen-bond donors (Lipinski definition) is 0. The minimum absolute atomic E-state index is 0.145. The number of nitrogens with zero attached hydrogens (tertiary/aromatic N) is 1. The van der Waals surface area contributed by atoms with Crippen molar-refractivity contribution in [2.45, 2.75) is 5.92 Å². The van der Waals surface area contributed by atoms with Crippen LogP contribution in [0.15, 0.2) is 17.5 Å². The first-order valence-corrected chi connectivity index (χ1v) is 6.26. The van der Waals surface area contributed by atoms with Gasteiger partial charge in [-0.3, -0.25) is 4.79 Å². The van der Waals surface area contributed by atoms with Gasteiger partial charge in [-0.05, 0) is 11.4 Å². The van der Waals surface area contributed by atoms with Crippen LogP contribution in [0.3, 0.4) is 0 Å². The Morgan fingerprint density at radius 3 is 2.00 bits per heavy atom. The molecule has 1 atom stereocenters. The predicted molar refractivity (Wildman–Crippen MR) is 63.2 cm³/mol. The van der Waals surface area contributed by atoms with Crippen molar-refractivity contribution in [3.8, 4) is 6.07 Å². The molecule has 0 saturated carbocycles. The monoisotopic (exact) mass is 317 g/mol. The number of ketones is 1. The molecule has 0 aliphatic rings. The van der Waals surface area contributed by atoms with E-state index < -0.39 is 46.4 Å². The average molecular weight is 317 g/mol. The zero-order valence-electron chi connectivity index (χ0n) is 9.96. The highest BCUT2D eigenvalue weighted by molar-refractivity contribution is 7.10. The number of benzene rings is 1. The number of carbonyl (C=O) groups excluding carboxylic acids is 1. The zero-order valence-corrected chi connectivity index (χ0v) is 10.8. The van der Waals surface area contributed by atoms with Crippen molar-refractivity contribution in [2.75, 3.05) is 0 Å². The summed E-state index contributed by atoms with van der Waals surface area (Å²) in [6, 6.07) is 4.33. The zero-order chi connectivity index (χ0) is 15.7. The third kappa shape index (κ3) is 2.40. The molecule has 1 aromatic heterocycles. The van der Waals surface area contributed by atoms with Gasteiger partial charge in [-0.2, -0.15) is 5.26 Å². The van der Waals surface area contributed by atoms with Crippen LogP contribution in [0.5, 0.6) is 0 Å². The summed E-state index contributed by atoms with van der Waals surface area (Å²) in [5.41, 5.74) is -1.61. The molecule has 108 valence electrons. The van der Waals surface area contributed by atoms with E-state index in [4.69, 9.17) is 5.26 Å². The molecule has 1 aromatic carbocycles. The van der Waals surface area contributed by atoms with Gasteiger partial charge in [0.15, 0.2) is 29.1 Å². The van der Waals surface area contributed by atoms with Crippen molar-refractivity contribution < 1.29 is 26.7 Å². The molecule has 0 bridgehead atoms. The molecule has 0 amide bonds. The molecule has 8 heteroatoms. The van der Waals surface area contributed by atoms with E-state index in [9.17, 15) is 26.7 Å². The summed E-state index contributed by atoms with van der Waals surface area (Å²) < 4.78 is 66.2. The van der Waals surface area contributed by atoms with Crippen molar-refractivity contribution in [1.29, 1.82) is 5.26 Å². The van der Waals surface area contributed by atoms with Gasteiger partial charge in [-0.25, -0.2) is 22.0 Å². The lowest BCUT2D eigenvalue weighted by molar-refractivity contribution is 0.0968. The molecule has 0 aliphatic heterocycles. The Morgan fingerprint density at radius 1 is 1.05 bits per heavy atom. The summed E-state index contributed by atoms with van der Waals surface area (Å²) in [6.07, 6.45) is 0. The number of thiophene rings is 1. The molecule has 0 N–H and O–H groups in total. The fourth-order valence-electron chi connectivity index (χ4n) is 1.67. The van der Waals surface area contributed by atoms with E-state index in [1.165, 1.54) is 23.6 Å². The highest BCUT2D eigenvalue weighted by Gasteiger charge is 2.34. The van der Waals surface area contributed by atoms with Crippen LogP contribution < -0.4 is 0 Å². The molecule has 2 nitrogen and oxygen atoms in total. The molecular formula is C13H4F5NOS. The van der Waals surface area contributed by atoms with E-state index >= 15 is 0 Å². The van der Waals surface area contributed by atoms with Crippen LogP contribution >= 0.6 is 11.3 Å². The largest absolute Gasteiger partial charge is 0.292 e. The molecule has 0 radical (unpaired) electrons. The van der Waals surface area contributed by atoms with Gasteiger partial charge in [-0.1, -0.05) is 6.07 Å². The Balaban J connectivity index is 2.62. The van der Waals surface area contributed by atoms with Crippen LogP contribution in [0.1, 0.15) is 21.2 Å². The van der Waals surface area contributed by atoms with Gasteiger partial charge >= 0.3 is 0 Å². The van der Waals surface area contributed by atoms with Crippen molar-refractivity contribution in [3.63, 3.8) is 0 Å². The minimum Gasteiger partial charge on any atom is -0.292 e. The van der Waals surface area contributed by atoms with Gasteiger partial charge in [0, 0.05) is 4.88 Å². The van der Waals surface area contributed by atoms with Gasteiger partial charge in [-0.15, -0.1) is 11.3 Å². The summed E-state index contributed by atoms with van der Waals surface area (Å²) >= 11 is 0.952. The lowest BCUT2D eigenvalue weighted by Crippen LogP contribution is -2.17. The Hall–Kier alpha value is -2.27. The normalized spacial score (nSPS) is 12.0.